The molecule has 1 heterocycles. The van der Waals surface area contributed by atoms with E-state index < -0.39 is 8.32 Å². The number of benzene rings is 1. The van der Waals surface area contributed by atoms with Gasteiger partial charge in [0.1, 0.15) is 0 Å². The highest BCUT2D eigenvalue weighted by Gasteiger charge is 2.39. The zero-order valence-electron chi connectivity index (χ0n) is 15.5. The lowest BCUT2D eigenvalue weighted by atomic mass is 9.93. The molecule has 1 aromatic heterocycles. The van der Waals surface area contributed by atoms with Crippen LogP contribution in [0.2, 0.25) is 18.1 Å². The van der Waals surface area contributed by atoms with Crippen LogP contribution < -0.4 is 0 Å². The Labute approximate surface area is 155 Å². The van der Waals surface area contributed by atoms with Gasteiger partial charge in [-0.1, -0.05) is 36.7 Å². The Morgan fingerprint density at radius 1 is 1.17 bits per heavy atom. The fourth-order valence-corrected chi connectivity index (χ4v) is 5.10. The zero-order valence-corrected chi connectivity index (χ0v) is 18.1. The minimum Gasteiger partial charge on any atom is -0.414 e. The van der Waals surface area contributed by atoms with Crippen molar-refractivity contribution in [1.82, 2.24) is 9.55 Å². The van der Waals surface area contributed by atoms with Gasteiger partial charge in [-0.2, -0.15) is 0 Å². The van der Waals surface area contributed by atoms with Crippen LogP contribution >= 0.6 is 15.9 Å². The lowest BCUT2D eigenvalue weighted by molar-refractivity contribution is 0.119. The van der Waals surface area contributed by atoms with Crippen LogP contribution in [0.1, 0.15) is 52.5 Å². The molecule has 1 aliphatic carbocycles. The molecule has 132 valence electrons. The molecule has 5 heteroatoms. The summed E-state index contributed by atoms with van der Waals surface area (Å²) in [5, 5.41) is 0.289. The first kappa shape index (κ1) is 18.1. The first-order valence-electron chi connectivity index (χ1n) is 8.97. The Hall–Kier alpha value is -0.653. The van der Waals surface area contributed by atoms with Crippen molar-refractivity contribution in [3.05, 3.63) is 29.0 Å². The smallest absolute Gasteiger partial charge is 0.192 e. The number of hydrogen-bond donors (Lipinski definition) is 0. The van der Waals surface area contributed by atoms with Crippen molar-refractivity contribution in [3.8, 4) is 0 Å². The molecular weight excluding hydrogens is 380 g/mol. The highest BCUT2D eigenvalue weighted by Crippen LogP contribution is 2.40. The van der Waals surface area contributed by atoms with Crippen molar-refractivity contribution >= 4 is 35.3 Å². The first-order valence-corrected chi connectivity index (χ1v) is 12.7. The Morgan fingerprint density at radius 2 is 1.83 bits per heavy atom. The van der Waals surface area contributed by atoms with Gasteiger partial charge in [0.15, 0.2) is 8.32 Å². The number of halogens is 1. The van der Waals surface area contributed by atoms with Crippen molar-refractivity contribution in [3.63, 3.8) is 0 Å². The topological polar surface area (TPSA) is 27.1 Å². The first-order chi connectivity index (χ1) is 11.2. The SMILES string of the molecule is CC(C)(C)[Si](C)(C)OC1CCC(n2cnc3cc(Br)ccc32)CC1. The largest absolute Gasteiger partial charge is 0.414 e. The summed E-state index contributed by atoms with van der Waals surface area (Å²) in [6.07, 6.45) is 7.13. The van der Waals surface area contributed by atoms with E-state index in [0.29, 0.717) is 12.1 Å². The molecule has 3 rings (SSSR count). The minimum atomic E-state index is -1.65. The zero-order chi connectivity index (χ0) is 17.5. The summed E-state index contributed by atoms with van der Waals surface area (Å²) in [7, 11) is -1.65. The molecule has 1 aromatic carbocycles. The van der Waals surface area contributed by atoms with Gasteiger partial charge in [0, 0.05) is 16.6 Å². The van der Waals surface area contributed by atoms with Gasteiger partial charge in [0.25, 0.3) is 0 Å². The van der Waals surface area contributed by atoms with E-state index >= 15 is 0 Å². The van der Waals surface area contributed by atoms with Crippen molar-refractivity contribution in [2.45, 2.75) is 76.7 Å². The third-order valence-electron chi connectivity index (χ3n) is 5.84. The van der Waals surface area contributed by atoms with Gasteiger partial charge in [0.05, 0.1) is 17.4 Å². The maximum Gasteiger partial charge on any atom is 0.192 e. The lowest BCUT2D eigenvalue weighted by Crippen LogP contribution is -2.44. The van der Waals surface area contributed by atoms with Crippen LogP contribution in [0.5, 0.6) is 0 Å². The molecule has 0 aliphatic heterocycles. The lowest BCUT2D eigenvalue weighted by Gasteiger charge is -2.41. The van der Waals surface area contributed by atoms with Gasteiger partial charge < -0.3 is 8.99 Å². The average Bonchev–Trinajstić information content (AvgIpc) is 2.89. The van der Waals surface area contributed by atoms with Gasteiger partial charge >= 0.3 is 0 Å². The van der Waals surface area contributed by atoms with Crippen molar-refractivity contribution < 1.29 is 4.43 Å². The van der Waals surface area contributed by atoms with Crippen LogP contribution in [-0.4, -0.2) is 24.0 Å². The van der Waals surface area contributed by atoms with E-state index in [-0.39, 0.29) is 5.04 Å². The van der Waals surface area contributed by atoms with Crippen LogP contribution in [0.25, 0.3) is 11.0 Å². The Bertz CT molecular complexity index is 712. The summed E-state index contributed by atoms with van der Waals surface area (Å²) >= 11 is 3.53. The van der Waals surface area contributed by atoms with E-state index in [4.69, 9.17) is 4.43 Å². The fraction of sp³-hybridized carbons (Fsp3) is 0.632. The summed E-state index contributed by atoms with van der Waals surface area (Å²) in [6.45, 7) is 11.7. The van der Waals surface area contributed by atoms with Gasteiger partial charge in [-0.05, 0) is 62.0 Å². The monoisotopic (exact) mass is 408 g/mol. The van der Waals surface area contributed by atoms with Crippen LogP contribution in [0, 0.1) is 0 Å². The van der Waals surface area contributed by atoms with Crippen molar-refractivity contribution in [2.24, 2.45) is 0 Å². The molecule has 1 saturated carbocycles. The van der Waals surface area contributed by atoms with Crippen LogP contribution in [0.4, 0.5) is 0 Å². The molecule has 0 radical (unpaired) electrons. The number of hydrogen-bond acceptors (Lipinski definition) is 2. The molecule has 2 aromatic rings. The van der Waals surface area contributed by atoms with Gasteiger partial charge in [0.2, 0.25) is 0 Å². The number of nitrogens with zero attached hydrogens (tertiary/aromatic N) is 2. The molecule has 0 N–H and O–H groups in total. The molecule has 0 unspecified atom stereocenters. The molecule has 0 spiro atoms. The Morgan fingerprint density at radius 3 is 2.46 bits per heavy atom. The number of imidazole rings is 1. The third kappa shape index (κ3) is 3.63. The van der Waals surface area contributed by atoms with E-state index in [0.717, 1.165) is 22.8 Å². The summed E-state index contributed by atoms with van der Waals surface area (Å²) in [5.41, 5.74) is 2.32. The number of rotatable bonds is 3. The molecule has 1 aliphatic rings. The molecule has 1 fully saturated rings. The van der Waals surface area contributed by atoms with Crippen LogP contribution in [0.15, 0.2) is 29.0 Å². The van der Waals surface area contributed by atoms with Crippen molar-refractivity contribution in [1.29, 1.82) is 0 Å². The molecule has 3 nitrogen and oxygen atoms in total. The van der Waals surface area contributed by atoms with E-state index in [1.807, 2.05) is 6.33 Å². The van der Waals surface area contributed by atoms with E-state index in [1.165, 1.54) is 18.4 Å². The second kappa shape index (κ2) is 6.58. The van der Waals surface area contributed by atoms with E-state index in [1.54, 1.807) is 0 Å². The molecule has 0 atom stereocenters. The molecular formula is C19H29BrN2OSi. The summed E-state index contributed by atoms with van der Waals surface area (Å²) < 4.78 is 10.1. The fourth-order valence-electron chi connectivity index (χ4n) is 3.33. The van der Waals surface area contributed by atoms with Crippen molar-refractivity contribution in [2.75, 3.05) is 0 Å². The third-order valence-corrected chi connectivity index (χ3v) is 10.9. The van der Waals surface area contributed by atoms with Gasteiger partial charge in [-0.15, -0.1) is 0 Å². The molecule has 24 heavy (non-hydrogen) atoms. The quantitative estimate of drug-likeness (QED) is 0.556. The van der Waals surface area contributed by atoms with E-state index in [9.17, 15) is 0 Å². The van der Waals surface area contributed by atoms with Gasteiger partial charge in [-0.25, -0.2) is 4.98 Å². The molecule has 0 bridgehead atoms. The normalized spacial score (nSPS) is 22.9. The molecule has 0 amide bonds. The Kier molecular flexibility index (Phi) is 4.97. The Balaban J connectivity index is 1.67. The maximum atomic E-state index is 6.62. The van der Waals surface area contributed by atoms with E-state index in [2.05, 4.69) is 77.5 Å². The van der Waals surface area contributed by atoms with Crippen LogP contribution in [0.3, 0.4) is 0 Å². The highest BCUT2D eigenvalue weighted by atomic mass is 79.9. The van der Waals surface area contributed by atoms with Gasteiger partial charge in [-0.3, -0.25) is 0 Å². The maximum absolute atomic E-state index is 6.62. The summed E-state index contributed by atoms with van der Waals surface area (Å²) in [4.78, 5) is 4.57. The summed E-state index contributed by atoms with van der Waals surface area (Å²) in [5.74, 6) is 0. The predicted molar refractivity (Wildman–Crippen MR) is 107 cm³/mol. The number of fused-ring (bicyclic) bond motifs is 1. The standard InChI is InChI=1S/C19H29BrN2OSi/c1-19(2,3)24(4,5)23-16-9-7-15(8-10-16)22-13-21-17-12-14(20)6-11-18(17)22/h6,11-13,15-16H,7-10H2,1-5H3. The molecule has 0 saturated heterocycles. The second-order valence-electron chi connectivity index (χ2n) is 8.59. The second-order valence-corrected chi connectivity index (χ2v) is 14.3. The predicted octanol–water partition coefficient (Wildman–Crippen LogP) is 6.30. The minimum absolute atomic E-state index is 0.289. The number of aromatic nitrogens is 2. The van der Waals surface area contributed by atoms with Crippen LogP contribution in [-0.2, 0) is 4.43 Å². The summed E-state index contributed by atoms with van der Waals surface area (Å²) in [6, 6.07) is 6.92. The average molecular weight is 409 g/mol. The highest BCUT2D eigenvalue weighted by molar-refractivity contribution is 9.10.